The Balaban J connectivity index is 1.56. The molecule has 3 aromatic rings. The first kappa shape index (κ1) is 18.1. The fourth-order valence-corrected chi connectivity index (χ4v) is 5.53. The molecule has 8 nitrogen and oxygen atoms in total. The Kier molecular flexibility index (Phi) is 3.74. The summed E-state index contributed by atoms with van der Waals surface area (Å²) in [5.41, 5.74) is 3.64. The second kappa shape index (κ2) is 6.41. The lowest BCUT2D eigenvalue weighted by Crippen LogP contribution is -2.65. The van der Waals surface area contributed by atoms with Gasteiger partial charge >= 0.3 is 0 Å². The van der Waals surface area contributed by atoms with Crippen molar-refractivity contribution in [1.82, 2.24) is 14.8 Å². The van der Waals surface area contributed by atoms with Gasteiger partial charge in [-0.05, 0) is 42.2 Å². The van der Waals surface area contributed by atoms with Crippen molar-refractivity contribution < 1.29 is 14.5 Å². The number of benzene rings is 2. The molecule has 1 N–H and O–H groups in total. The summed E-state index contributed by atoms with van der Waals surface area (Å²) in [5, 5.41) is 12.2. The predicted molar refractivity (Wildman–Crippen MR) is 112 cm³/mol. The molecule has 3 aliphatic heterocycles. The largest absolute Gasteiger partial charge is 0.356 e. The van der Waals surface area contributed by atoms with Crippen LogP contribution >= 0.6 is 0 Å². The molecule has 8 heteroatoms. The van der Waals surface area contributed by atoms with E-state index in [4.69, 9.17) is 0 Å². The van der Waals surface area contributed by atoms with E-state index in [0.717, 1.165) is 34.1 Å². The van der Waals surface area contributed by atoms with E-state index in [0.29, 0.717) is 19.4 Å². The minimum Gasteiger partial charge on any atom is -0.356 e. The van der Waals surface area contributed by atoms with Crippen LogP contribution in [0.1, 0.15) is 35.7 Å². The Morgan fingerprint density at radius 2 is 1.77 bits per heavy atom. The molecule has 2 aromatic carbocycles. The van der Waals surface area contributed by atoms with E-state index in [1.807, 2.05) is 24.3 Å². The summed E-state index contributed by atoms with van der Waals surface area (Å²) >= 11 is 0. The molecule has 31 heavy (non-hydrogen) atoms. The summed E-state index contributed by atoms with van der Waals surface area (Å²) in [5.74, 6) is -0.0281. The molecule has 0 spiro atoms. The van der Waals surface area contributed by atoms with E-state index < -0.39 is 23.0 Å². The van der Waals surface area contributed by atoms with Crippen molar-refractivity contribution in [3.05, 3.63) is 75.5 Å². The average molecular weight is 416 g/mol. The van der Waals surface area contributed by atoms with E-state index in [1.165, 1.54) is 12.1 Å². The second-order valence-electron chi connectivity index (χ2n) is 8.47. The molecule has 2 fully saturated rings. The molecule has 0 bridgehead atoms. The van der Waals surface area contributed by atoms with Crippen LogP contribution in [0, 0.1) is 10.1 Å². The molecule has 156 valence electrons. The van der Waals surface area contributed by atoms with Gasteiger partial charge in [-0.1, -0.05) is 18.2 Å². The number of amides is 2. The highest BCUT2D eigenvalue weighted by Gasteiger charge is 2.53. The number of piperazine rings is 1. The lowest BCUT2D eigenvalue weighted by Gasteiger charge is -2.48. The van der Waals surface area contributed by atoms with Crippen molar-refractivity contribution in [3.8, 4) is 0 Å². The summed E-state index contributed by atoms with van der Waals surface area (Å²) in [4.78, 5) is 44.6. The Morgan fingerprint density at radius 1 is 1.00 bits per heavy atom. The van der Waals surface area contributed by atoms with Crippen LogP contribution in [0.5, 0.6) is 0 Å². The lowest BCUT2D eigenvalue weighted by atomic mass is 9.85. The number of fused-ring (bicyclic) bond motifs is 5. The van der Waals surface area contributed by atoms with E-state index in [-0.39, 0.29) is 17.5 Å². The maximum atomic E-state index is 13.6. The molecule has 0 aliphatic carbocycles. The van der Waals surface area contributed by atoms with Crippen LogP contribution in [0.2, 0.25) is 0 Å². The highest BCUT2D eigenvalue weighted by molar-refractivity contribution is 5.99. The normalized spacial score (nSPS) is 24.8. The first-order chi connectivity index (χ1) is 15.0. The van der Waals surface area contributed by atoms with E-state index >= 15 is 0 Å². The van der Waals surface area contributed by atoms with Crippen LogP contribution in [0.4, 0.5) is 5.69 Å². The second-order valence-corrected chi connectivity index (χ2v) is 8.47. The third-order valence-corrected chi connectivity index (χ3v) is 6.91. The van der Waals surface area contributed by atoms with Gasteiger partial charge in [0.15, 0.2) is 0 Å². The molecule has 3 aliphatic rings. The summed E-state index contributed by atoms with van der Waals surface area (Å²) in [7, 11) is 0. The van der Waals surface area contributed by atoms with E-state index in [9.17, 15) is 19.7 Å². The number of nitro groups is 1. The number of para-hydroxylation sites is 1. The Bertz CT molecular complexity index is 1250. The SMILES string of the molecule is O=C1[C@@H]2Cc3c([nH]c4ccccc34)C(c3ccc([N+](=O)[O-])cc3)N2C(=O)[C@@H]2CCCN12. The topological polar surface area (TPSA) is 99.5 Å². The number of nitro benzene ring substituents is 1. The van der Waals surface area contributed by atoms with Crippen LogP contribution < -0.4 is 0 Å². The van der Waals surface area contributed by atoms with Gasteiger partial charge in [0.05, 0.1) is 11.0 Å². The quantitative estimate of drug-likeness (QED) is 0.513. The fourth-order valence-electron chi connectivity index (χ4n) is 5.53. The van der Waals surface area contributed by atoms with Gasteiger partial charge in [0.1, 0.15) is 12.1 Å². The molecule has 3 atom stereocenters. The Morgan fingerprint density at radius 3 is 2.55 bits per heavy atom. The maximum Gasteiger partial charge on any atom is 0.269 e. The van der Waals surface area contributed by atoms with Gasteiger partial charge in [-0.25, -0.2) is 0 Å². The zero-order valence-electron chi connectivity index (χ0n) is 16.7. The standard InChI is InChI=1S/C23H20N4O4/c28-22-19-12-16-15-4-1-2-5-17(15)24-20(16)21(13-7-9-14(10-8-13)27(30)31)26(19)23(29)18-6-3-11-25(18)22/h1-2,4-5,7-10,18-19,21,24H,3,6,11-12H2/t18-,19-,21?/m0/s1. The summed E-state index contributed by atoms with van der Waals surface area (Å²) < 4.78 is 0. The Hall–Kier alpha value is -3.68. The number of rotatable bonds is 2. The van der Waals surface area contributed by atoms with Gasteiger partial charge in [-0.15, -0.1) is 0 Å². The molecule has 1 aromatic heterocycles. The maximum absolute atomic E-state index is 13.6. The minimum absolute atomic E-state index is 0.00371. The fraction of sp³-hybridized carbons (Fsp3) is 0.304. The first-order valence-corrected chi connectivity index (χ1v) is 10.5. The summed E-state index contributed by atoms with van der Waals surface area (Å²) in [6.45, 7) is 0.628. The average Bonchev–Trinajstić information content (AvgIpc) is 3.41. The highest BCUT2D eigenvalue weighted by Crippen LogP contribution is 2.44. The lowest BCUT2D eigenvalue weighted by molar-refractivity contribution is -0.384. The van der Waals surface area contributed by atoms with Crippen molar-refractivity contribution >= 4 is 28.4 Å². The molecule has 0 saturated carbocycles. The molecule has 2 amide bonds. The molecule has 1 unspecified atom stereocenters. The minimum atomic E-state index is -0.561. The Labute approximate surface area is 177 Å². The third-order valence-electron chi connectivity index (χ3n) is 6.91. The van der Waals surface area contributed by atoms with Gasteiger partial charge in [0.2, 0.25) is 11.8 Å². The van der Waals surface area contributed by atoms with Gasteiger partial charge in [0, 0.05) is 41.7 Å². The number of nitrogens with zero attached hydrogens (tertiary/aromatic N) is 3. The number of aromatic amines is 1. The number of nitrogens with one attached hydrogen (secondary N) is 1. The number of hydrogen-bond acceptors (Lipinski definition) is 4. The molecule has 6 rings (SSSR count). The molecule has 2 saturated heterocycles. The van der Waals surface area contributed by atoms with Crippen LogP contribution in [-0.2, 0) is 16.0 Å². The summed E-state index contributed by atoms with van der Waals surface area (Å²) in [6, 6.07) is 12.8. The van der Waals surface area contributed by atoms with Crippen molar-refractivity contribution in [2.45, 2.75) is 37.4 Å². The number of carbonyl (C=O) groups excluding carboxylic acids is 2. The number of H-pyrrole nitrogens is 1. The van der Waals surface area contributed by atoms with Crippen molar-refractivity contribution in [1.29, 1.82) is 0 Å². The smallest absolute Gasteiger partial charge is 0.269 e. The van der Waals surface area contributed by atoms with Gasteiger partial charge in [-0.3, -0.25) is 19.7 Å². The zero-order chi connectivity index (χ0) is 21.3. The number of hydrogen-bond donors (Lipinski definition) is 1. The monoisotopic (exact) mass is 416 g/mol. The molecular formula is C23H20N4O4. The van der Waals surface area contributed by atoms with Crippen LogP contribution in [0.25, 0.3) is 10.9 Å². The number of non-ortho nitro benzene ring substituents is 1. The highest BCUT2D eigenvalue weighted by atomic mass is 16.6. The van der Waals surface area contributed by atoms with Crippen molar-refractivity contribution in [2.75, 3.05) is 6.54 Å². The number of carbonyl (C=O) groups is 2. The van der Waals surface area contributed by atoms with E-state index in [1.54, 1.807) is 21.9 Å². The third kappa shape index (κ3) is 2.47. The van der Waals surface area contributed by atoms with Gasteiger partial charge in [-0.2, -0.15) is 0 Å². The van der Waals surface area contributed by atoms with E-state index in [2.05, 4.69) is 4.98 Å². The zero-order valence-corrected chi connectivity index (χ0v) is 16.7. The van der Waals surface area contributed by atoms with Gasteiger partial charge < -0.3 is 14.8 Å². The number of aromatic nitrogens is 1. The van der Waals surface area contributed by atoms with Crippen LogP contribution in [0.3, 0.4) is 0 Å². The van der Waals surface area contributed by atoms with Crippen LogP contribution in [0.15, 0.2) is 48.5 Å². The first-order valence-electron chi connectivity index (χ1n) is 10.5. The van der Waals surface area contributed by atoms with Crippen LogP contribution in [-0.4, -0.2) is 50.1 Å². The predicted octanol–water partition coefficient (Wildman–Crippen LogP) is 2.92. The van der Waals surface area contributed by atoms with Crippen molar-refractivity contribution in [2.24, 2.45) is 0 Å². The molecule has 0 radical (unpaired) electrons. The summed E-state index contributed by atoms with van der Waals surface area (Å²) in [6.07, 6.45) is 1.98. The molecule has 4 heterocycles. The van der Waals surface area contributed by atoms with Crippen molar-refractivity contribution in [3.63, 3.8) is 0 Å². The van der Waals surface area contributed by atoms with Gasteiger partial charge in [0.25, 0.3) is 5.69 Å². The molecular weight excluding hydrogens is 396 g/mol.